The molecule has 0 fully saturated rings. The number of carbonyl (C=O) groups is 1. The summed E-state index contributed by atoms with van der Waals surface area (Å²) in [4.78, 5) is 15.6. The summed E-state index contributed by atoms with van der Waals surface area (Å²) in [5.41, 5.74) is -0.901. The van der Waals surface area contributed by atoms with E-state index >= 15 is 0 Å². The van der Waals surface area contributed by atoms with Gasteiger partial charge < -0.3 is 14.6 Å². The van der Waals surface area contributed by atoms with Crippen molar-refractivity contribution in [1.82, 2.24) is 4.98 Å². The monoisotopic (exact) mass is 479 g/mol. The highest BCUT2D eigenvalue weighted by molar-refractivity contribution is 7.09. The molecule has 0 spiro atoms. The molecular formula is C24H24F3NO4S. The first kappa shape index (κ1) is 24.6. The fourth-order valence-corrected chi connectivity index (χ4v) is 3.90. The predicted octanol–water partition coefficient (Wildman–Crippen LogP) is 6.39. The van der Waals surface area contributed by atoms with E-state index in [4.69, 9.17) is 9.47 Å². The van der Waals surface area contributed by atoms with E-state index in [2.05, 4.69) is 4.98 Å². The number of ether oxygens (including phenoxy) is 2. The first-order valence-electron chi connectivity index (χ1n) is 10.2. The summed E-state index contributed by atoms with van der Waals surface area (Å²) < 4.78 is 51.1. The van der Waals surface area contributed by atoms with Crippen molar-refractivity contribution in [3.05, 3.63) is 64.0 Å². The van der Waals surface area contributed by atoms with Gasteiger partial charge in [-0.25, -0.2) is 9.78 Å². The molecule has 0 radical (unpaired) electrons. The van der Waals surface area contributed by atoms with Gasteiger partial charge in [0.05, 0.1) is 22.9 Å². The molecule has 0 bridgehead atoms. The molecular weight excluding hydrogens is 455 g/mol. The second-order valence-electron chi connectivity index (χ2n) is 7.97. The number of halogens is 3. The van der Waals surface area contributed by atoms with Crippen molar-refractivity contribution >= 4 is 17.3 Å². The summed E-state index contributed by atoms with van der Waals surface area (Å²) in [6, 6.07) is 10.6. The number of aromatic nitrogens is 1. The van der Waals surface area contributed by atoms with Crippen molar-refractivity contribution in [2.75, 3.05) is 6.61 Å². The lowest BCUT2D eigenvalue weighted by molar-refractivity contribution is -0.152. The van der Waals surface area contributed by atoms with E-state index in [0.29, 0.717) is 36.6 Å². The highest BCUT2D eigenvalue weighted by atomic mass is 32.1. The minimum atomic E-state index is -4.43. The standard InChI is InChI=1S/C24H24F3NO4S/c1-15-13-16(10-11-20(15)32-23(2,3)22(29)30)31-12-6-9-21-28-19(14-33-21)17-7-4-5-8-18(17)24(25,26)27/h4-5,7-8,10-11,13-14H,6,9,12H2,1-3H3,(H,29,30). The van der Waals surface area contributed by atoms with Crippen LogP contribution in [0.15, 0.2) is 47.8 Å². The predicted molar refractivity (Wildman–Crippen MR) is 120 cm³/mol. The van der Waals surface area contributed by atoms with Crippen LogP contribution in [0.3, 0.4) is 0 Å². The van der Waals surface area contributed by atoms with Crippen molar-refractivity contribution in [3.8, 4) is 22.8 Å². The Morgan fingerprint density at radius 1 is 1.15 bits per heavy atom. The van der Waals surface area contributed by atoms with E-state index in [0.717, 1.165) is 16.6 Å². The van der Waals surface area contributed by atoms with Crippen LogP contribution in [0.4, 0.5) is 13.2 Å². The van der Waals surface area contributed by atoms with Crippen LogP contribution in [0.5, 0.6) is 11.5 Å². The van der Waals surface area contributed by atoms with E-state index in [1.807, 2.05) is 0 Å². The van der Waals surface area contributed by atoms with Gasteiger partial charge >= 0.3 is 12.1 Å². The molecule has 0 aliphatic carbocycles. The normalized spacial score (nSPS) is 11.9. The smallest absolute Gasteiger partial charge is 0.417 e. The van der Waals surface area contributed by atoms with Crippen LogP contribution in [-0.4, -0.2) is 28.3 Å². The number of hydrogen-bond acceptors (Lipinski definition) is 5. The van der Waals surface area contributed by atoms with E-state index in [-0.39, 0.29) is 5.56 Å². The SMILES string of the molecule is Cc1cc(OCCCc2nc(-c3ccccc3C(F)(F)F)cs2)ccc1OC(C)(C)C(=O)O. The quantitative estimate of drug-likeness (QED) is 0.360. The van der Waals surface area contributed by atoms with Crippen LogP contribution < -0.4 is 9.47 Å². The third kappa shape index (κ3) is 6.25. The maximum atomic E-state index is 13.2. The van der Waals surface area contributed by atoms with Gasteiger partial charge in [-0.2, -0.15) is 13.2 Å². The maximum absolute atomic E-state index is 13.2. The van der Waals surface area contributed by atoms with Crippen LogP contribution in [-0.2, 0) is 17.4 Å². The molecule has 33 heavy (non-hydrogen) atoms. The number of nitrogens with zero attached hydrogens (tertiary/aromatic N) is 1. The van der Waals surface area contributed by atoms with E-state index in [1.165, 1.54) is 37.3 Å². The summed E-state index contributed by atoms with van der Waals surface area (Å²) in [5, 5.41) is 11.6. The summed E-state index contributed by atoms with van der Waals surface area (Å²) in [6.07, 6.45) is -3.22. The topological polar surface area (TPSA) is 68.7 Å². The lowest BCUT2D eigenvalue weighted by Crippen LogP contribution is -2.38. The minimum Gasteiger partial charge on any atom is -0.494 e. The fourth-order valence-electron chi connectivity index (χ4n) is 3.06. The molecule has 1 N–H and O–H groups in total. The Morgan fingerprint density at radius 3 is 2.55 bits per heavy atom. The van der Waals surface area contributed by atoms with Gasteiger partial charge in [0.15, 0.2) is 5.60 Å². The van der Waals surface area contributed by atoms with Crippen LogP contribution in [0.1, 0.15) is 36.4 Å². The van der Waals surface area contributed by atoms with Gasteiger partial charge in [0.2, 0.25) is 0 Å². The number of carboxylic acids is 1. The Balaban J connectivity index is 1.55. The molecule has 1 aromatic heterocycles. The minimum absolute atomic E-state index is 0.0765. The number of thiazole rings is 1. The third-order valence-electron chi connectivity index (χ3n) is 4.89. The van der Waals surface area contributed by atoms with Gasteiger partial charge in [0, 0.05) is 17.4 Å². The first-order valence-corrected chi connectivity index (χ1v) is 11.1. The Kier molecular flexibility index (Phi) is 7.31. The molecule has 2 aromatic carbocycles. The van der Waals surface area contributed by atoms with Crippen molar-refractivity contribution in [2.45, 2.75) is 45.4 Å². The van der Waals surface area contributed by atoms with E-state index in [1.54, 1.807) is 36.6 Å². The molecule has 0 aliphatic rings. The van der Waals surface area contributed by atoms with Crippen LogP contribution in [0.25, 0.3) is 11.3 Å². The number of aliphatic carboxylic acids is 1. The number of alkyl halides is 3. The molecule has 3 aromatic rings. The molecule has 0 unspecified atom stereocenters. The Labute approximate surface area is 193 Å². The zero-order valence-corrected chi connectivity index (χ0v) is 19.2. The van der Waals surface area contributed by atoms with Crippen LogP contribution in [0, 0.1) is 6.92 Å². The van der Waals surface area contributed by atoms with E-state index < -0.39 is 23.3 Å². The van der Waals surface area contributed by atoms with Gasteiger partial charge in [-0.15, -0.1) is 11.3 Å². The Bertz CT molecular complexity index is 1120. The highest BCUT2D eigenvalue weighted by Crippen LogP contribution is 2.37. The number of benzene rings is 2. The average Bonchev–Trinajstić information content (AvgIpc) is 3.21. The molecule has 3 rings (SSSR count). The number of hydrogen-bond donors (Lipinski definition) is 1. The van der Waals surface area contributed by atoms with Gasteiger partial charge in [-0.1, -0.05) is 18.2 Å². The molecule has 9 heteroatoms. The number of carboxylic acid groups (broad SMARTS) is 1. The molecule has 5 nitrogen and oxygen atoms in total. The van der Waals surface area contributed by atoms with Crippen molar-refractivity contribution in [2.24, 2.45) is 0 Å². The first-order chi connectivity index (χ1) is 15.5. The molecule has 0 aliphatic heterocycles. The Hall–Kier alpha value is -3.07. The second kappa shape index (κ2) is 9.82. The summed E-state index contributed by atoms with van der Waals surface area (Å²) in [6.45, 7) is 5.15. The molecule has 176 valence electrons. The second-order valence-corrected chi connectivity index (χ2v) is 8.91. The lowest BCUT2D eigenvalue weighted by atomic mass is 10.1. The summed E-state index contributed by atoms with van der Waals surface area (Å²) in [7, 11) is 0. The van der Waals surface area contributed by atoms with Gasteiger partial charge in [-0.3, -0.25) is 0 Å². The molecule has 0 saturated heterocycles. The molecule has 0 atom stereocenters. The highest BCUT2D eigenvalue weighted by Gasteiger charge is 2.34. The van der Waals surface area contributed by atoms with Crippen molar-refractivity contribution in [1.29, 1.82) is 0 Å². The summed E-state index contributed by atoms with van der Waals surface area (Å²) >= 11 is 1.32. The molecule has 1 heterocycles. The van der Waals surface area contributed by atoms with Gasteiger partial charge in [0.1, 0.15) is 11.5 Å². The lowest BCUT2D eigenvalue weighted by Gasteiger charge is -2.23. The zero-order valence-electron chi connectivity index (χ0n) is 18.4. The fraction of sp³-hybridized carbons (Fsp3) is 0.333. The van der Waals surface area contributed by atoms with E-state index in [9.17, 15) is 23.1 Å². The number of rotatable bonds is 9. The van der Waals surface area contributed by atoms with Gasteiger partial charge in [-0.05, 0) is 57.0 Å². The average molecular weight is 480 g/mol. The Morgan fingerprint density at radius 2 is 1.88 bits per heavy atom. The molecule has 0 saturated carbocycles. The maximum Gasteiger partial charge on any atom is 0.417 e. The molecule has 0 amide bonds. The van der Waals surface area contributed by atoms with Crippen molar-refractivity contribution in [3.63, 3.8) is 0 Å². The largest absolute Gasteiger partial charge is 0.494 e. The van der Waals surface area contributed by atoms with Crippen LogP contribution in [0.2, 0.25) is 0 Å². The van der Waals surface area contributed by atoms with Gasteiger partial charge in [0.25, 0.3) is 0 Å². The van der Waals surface area contributed by atoms with Crippen LogP contribution >= 0.6 is 11.3 Å². The number of aryl methyl sites for hydroxylation is 2. The summed E-state index contributed by atoms with van der Waals surface area (Å²) in [5.74, 6) is 0.0191. The zero-order chi connectivity index (χ0) is 24.2. The van der Waals surface area contributed by atoms with Crippen molar-refractivity contribution < 1.29 is 32.5 Å². The third-order valence-corrected chi connectivity index (χ3v) is 5.80.